The number of amides is 1. The van der Waals surface area contributed by atoms with E-state index in [9.17, 15) is 9.00 Å². The zero-order valence-corrected chi connectivity index (χ0v) is 13.7. The maximum Gasteiger partial charge on any atom is 0.258 e. The van der Waals surface area contributed by atoms with E-state index < -0.39 is 10.8 Å². The third-order valence-corrected chi connectivity index (χ3v) is 4.97. The van der Waals surface area contributed by atoms with Gasteiger partial charge in [-0.05, 0) is 55.7 Å². The van der Waals surface area contributed by atoms with Crippen LogP contribution in [0.5, 0.6) is 0 Å². The number of fused-ring (bicyclic) bond motifs is 1. The van der Waals surface area contributed by atoms with Gasteiger partial charge in [-0.3, -0.25) is 9.00 Å². The molecule has 2 aromatic rings. The van der Waals surface area contributed by atoms with Crippen LogP contribution in [-0.4, -0.2) is 22.9 Å². The van der Waals surface area contributed by atoms with Crippen LogP contribution in [0.2, 0.25) is 0 Å². The molecule has 1 heterocycles. The summed E-state index contributed by atoms with van der Waals surface area (Å²) in [7, 11) is -1.02. The van der Waals surface area contributed by atoms with Crippen molar-refractivity contribution in [3.63, 3.8) is 0 Å². The highest BCUT2D eigenvalue weighted by Crippen LogP contribution is 2.29. The summed E-state index contributed by atoms with van der Waals surface area (Å²) >= 11 is 0. The molecule has 0 saturated carbocycles. The van der Waals surface area contributed by atoms with Gasteiger partial charge in [0.2, 0.25) is 0 Å². The first-order valence-electron chi connectivity index (χ1n) is 7.41. The van der Waals surface area contributed by atoms with Gasteiger partial charge in [0.25, 0.3) is 5.91 Å². The topological polar surface area (TPSA) is 37.4 Å². The Morgan fingerprint density at radius 1 is 1.14 bits per heavy atom. The minimum absolute atomic E-state index is 0.0123. The van der Waals surface area contributed by atoms with Gasteiger partial charge in [0.1, 0.15) is 0 Å². The van der Waals surface area contributed by atoms with Crippen molar-refractivity contribution in [2.75, 3.05) is 17.7 Å². The van der Waals surface area contributed by atoms with E-state index in [1.165, 1.54) is 11.1 Å². The highest BCUT2D eigenvalue weighted by molar-refractivity contribution is 7.84. The Morgan fingerprint density at radius 2 is 1.86 bits per heavy atom. The van der Waals surface area contributed by atoms with E-state index in [0.717, 1.165) is 30.0 Å². The minimum atomic E-state index is -1.02. The minimum Gasteiger partial charge on any atom is -0.308 e. The van der Waals surface area contributed by atoms with Crippen LogP contribution in [0.1, 0.15) is 27.9 Å². The summed E-state index contributed by atoms with van der Waals surface area (Å²) in [4.78, 5) is 15.4. The first-order valence-corrected chi connectivity index (χ1v) is 8.97. The zero-order valence-electron chi connectivity index (χ0n) is 12.8. The fourth-order valence-electron chi connectivity index (χ4n) is 2.88. The molecule has 1 aliphatic heterocycles. The molecule has 0 bridgehead atoms. The van der Waals surface area contributed by atoms with Gasteiger partial charge in [-0.25, -0.2) is 0 Å². The number of nitrogens with zero attached hydrogens (tertiary/aromatic N) is 1. The molecule has 1 unspecified atom stereocenters. The summed E-state index contributed by atoms with van der Waals surface area (Å²) in [5.41, 5.74) is 4.13. The molecule has 114 valence electrons. The van der Waals surface area contributed by atoms with Gasteiger partial charge in [0, 0.05) is 39.7 Å². The maximum atomic E-state index is 12.8. The predicted molar refractivity (Wildman–Crippen MR) is 90.0 cm³/mol. The lowest BCUT2D eigenvalue weighted by atomic mass is 9.99. The highest BCUT2D eigenvalue weighted by Gasteiger charge is 2.23. The fraction of sp³-hybridized carbons (Fsp3) is 0.278. The summed E-state index contributed by atoms with van der Waals surface area (Å²) in [6, 6.07) is 13.3. The molecule has 0 aromatic heterocycles. The Kier molecular flexibility index (Phi) is 4.12. The second kappa shape index (κ2) is 6.05. The molecule has 2 aromatic carbocycles. The Morgan fingerprint density at radius 3 is 2.55 bits per heavy atom. The number of anilines is 1. The summed E-state index contributed by atoms with van der Waals surface area (Å²) < 4.78 is 11.4. The van der Waals surface area contributed by atoms with Gasteiger partial charge in [0.05, 0.1) is 0 Å². The number of aryl methyl sites for hydroxylation is 2. The Hall–Kier alpha value is -1.94. The molecule has 0 N–H and O–H groups in total. The normalized spacial score (nSPS) is 15.3. The van der Waals surface area contributed by atoms with Crippen molar-refractivity contribution in [2.45, 2.75) is 24.7 Å². The predicted octanol–water partition coefficient (Wildman–Crippen LogP) is 3.33. The largest absolute Gasteiger partial charge is 0.308 e. The summed E-state index contributed by atoms with van der Waals surface area (Å²) in [5, 5.41) is 0. The van der Waals surface area contributed by atoms with E-state index in [1.807, 2.05) is 17.0 Å². The first kappa shape index (κ1) is 15.0. The van der Waals surface area contributed by atoms with Crippen LogP contribution in [0.4, 0.5) is 5.69 Å². The second-order valence-electron chi connectivity index (χ2n) is 5.67. The lowest BCUT2D eigenvalue weighted by Gasteiger charge is -2.30. The van der Waals surface area contributed by atoms with E-state index in [1.54, 1.807) is 30.5 Å². The van der Waals surface area contributed by atoms with Crippen molar-refractivity contribution in [3.05, 3.63) is 59.2 Å². The lowest BCUT2D eigenvalue weighted by Crippen LogP contribution is -2.35. The van der Waals surface area contributed by atoms with E-state index in [0.29, 0.717) is 5.56 Å². The molecule has 3 nitrogen and oxygen atoms in total. The van der Waals surface area contributed by atoms with E-state index in [-0.39, 0.29) is 5.91 Å². The molecule has 1 aliphatic rings. The van der Waals surface area contributed by atoms with Crippen LogP contribution >= 0.6 is 0 Å². The van der Waals surface area contributed by atoms with Gasteiger partial charge in [-0.15, -0.1) is 0 Å². The van der Waals surface area contributed by atoms with Crippen molar-refractivity contribution in [3.8, 4) is 0 Å². The van der Waals surface area contributed by atoms with Crippen molar-refractivity contribution in [1.29, 1.82) is 0 Å². The standard InChI is InChI=1S/C18H19NO2S/c1-13-5-10-17-15(12-13)4-3-11-19(17)18(20)14-6-8-16(9-7-14)22(2)21/h5-10,12H,3-4,11H2,1-2H3. The Labute approximate surface area is 133 Å². The van der Waals surface area contributed by atoms with Crippen LogP contribution in [0, 0.1) is 6.92 Å². The molecule has 22 heavy (non-hydrogen) atoms. The molecule has 1 atom stereocenters. The Bertz CT molecular complexity index is 737. The van der Waals surface area contributed by atoms with Crippen LogP contribution in [0.25, 0.3) is 0 Å². The average molecular weight is 313 g/mol. The zero-order chi connectivity index (χ0) is 15.7. The third kappa shape index (κ3) is 2.83. The monoisotopic (exact) mass is 313 g/mol. The number of carbonyl (C=O) groups excluding carboxylic acids is 1. The van der Waals surface area contributed by atoms with Crippen molar-refractivity contribution in [2.24, 2.45) is 0 Å². The van der Waals surface area contributed by atoms with Gasteiger partial charge in [-0.1, -0.05) is 17.7 Å². The highest BCUT2D eigenvalue weighted by atomic mass is 32.2. The van der Waals surface area contributed by atoms with Crippen LogP contribution in [0.15, 0.2) is 47.4 Å². The third-order valence-electron chi connectivity index (χ3n) is 4.03. The van der Waals surface area contributed by atoms with Crippen LogP contribution in [0.3, 0.4) is 0 Å². The molecular formula is C18H19NO2S. The van der Waals surface area contributed by atoms with Crippen molar-refractivity contribution < 1.29 is 9.00 Å². The number of rotatable bonds is 2. The molecular weight excluding hydrogens is 294 g/mol. The van der Waals surface area contributed by atoms with Crippen molar-refractivity contribution >= 4 is 22.4 Å². The van der Waals surface area contributed by atoms with E-state index in [2.05, 4.69) is 13.0 Å². The SMILES string of the molecule is Cc1ccc2c(c1)CCCN2C(=O)c1ccc(S(C)=O)cc1. The molecule has 0 fully saturated rings. The number of benzene rings is 2. The van der Waals surface area contributed by atoms with E-state index >= 15 is 0 Å². The molecule has 4 heteroatoms. The molecule has 0 spiro atoms. The Balaban J connectivity index is 1.92. The average Bonchev–Trinajstić information content (AvgIpc) is 2.53. The summed E-state index contributed by atoms with van der Waals surface area (Å²) in [6.07, 6.45) is 3.65. The number of carbonyl (C=O) groups is 1. The molecule has 3 rings (SSSR count). The van der Waals surface area contributed by atoms with Gasteiger partial charge < -0.3 is 4.90 Å². The van der Waals surface area contributed by atoms with Gasteiger partial charge >= 0.3 is 0 Å². The van der Waals surface area contributed by atoms with Crippen LogP contribution < -0.4 is 4.90 Å². The molecule has 0 aliphatic carbocycles. The van der Waals surface area contributed by atoms with E-state index in [4.69, 9.17) is 0 Å². The van der Waals surface area contributed by atoms with Crippen molar-refractivity contribution in [1.82, 2.24) is 0 Å². The molecule has 1 amide bonds. The molecule has 0 radical (unpaired) electrons. The smallest absolute Gasteiger partial charge is 0.258 e. The second-order valence-corrected chi connectivity index (χ2v) is 7.05. The quantitative estimate of drug-likeness (QED) is 0.853. The lowest BCUT2D eigenvalue weighted by molar-refractivity contribution is 0.0985. The van der Waals surface area contributed by atoms with Gasteiger partial charge in [0.15, 0.2) is 0 Å². The number of hydrogen-bond acceptors (Lipinski definition) is 2. The maximum absolute atomic E-state index is 12.8. The van der Waals surface area contributed by atoms with Gasteiger partial charge in [-0.2, -0.15) is 0 Å². The molecule has 0 saturated heterocycles. The summed E-state index contributed by atoms with van der Waals surface area (Å²) in [5.74, 6) is 0.0123. The fourth-order valence-corrected chi connectivity index (χ4v) is 3.40. The first-order chi connectivity index (χ1) is 10.6. The summed E-state index contributed by atoms with van der Waals surface area (Å²) in [6.45, 7) is 2.82. The number of hydrogen-bond donors (Lipinski definition) is 0. The van der Waals surface area contributed by atoms with Crippen LogP contribution in [-0.2, 0) is 17.2 Å².